The molecule has 11 rings (SSSR count). The lowest BCUT2D eigenvalue weighted by Gasteiger charge is -2.36. The van der Waals surface area contributed by atoms with Crippen LogP contribution in [0, 0.1) is 0 Å². The lowest BCUT2D eigenvalue weighted by molar-refractivity contribution is 0.465. The molecule has 0 amide bonds. The van der Waals surface area contributed by atoms with Crippen LogP contribution < -0.4 is 30.8 Å². The van der Waals surface area contributed by atoms with Gasteiger partial charge in [-0.15, -0.1) is 0 Å². The van der Waals surface area contributed by atoms with Crippen molar-refractivity contribution in [3.05, 3.63) is 218 Å². The zero-order chi connectivity index (χ0) is 38.4. The Hall–Kier alpha value is -7.56. The van der Waals surface area contributed by atoms with Gasteiger partial charge in [0, 0.05) is 28.7 Å². The summed E-state index contributed by atoms with van der Waals surface area (Å²) >= 11 is 0. The minimum atomic E-state index is -0.0807. The van der Waals surface area contributed by atoms with E-state index in [1.807, 2.05) is 0 Å². The first kappa shape index (κ1) is 33.8. The number of anilines is 3. The van der Waals surface area contributed by atoms with E-state index in [4.69, 9.17) is 9.47 Å². The summed E-state index contributed by atoms with van der Waals surface area (Å²) in [5.74, 6) is 3.27. The third-order valence-corrected chi connectivity index (χ3v) is 11.4. The highest BCUT2D eigenvalue weighted by atomic mass is 16.5. The van der Waals surface area contributed by atoms with Crippen molar-refractivity contribution in [1.82, 2.24) is 0 Å². The van der Waals surface area contributed by atoms with E-state index in [-0.39, 0.29) is 6.71 Å². The van der Waals surface area contributed by atoms with Gasteiger partial charge in [0.2, 0.25) is 0 Å². The molecule has 0 fully saturated rings. The van der Waals surface area contributed by atoms with E-state index in [0.717, 1.165) is 101 Å². The van der Waals surface area contributed by atoms with Gasteiger partial charge in [-0.05, 0) is 68.6 Å². The second kappa shape index (κ2) is 14.2. The summed E-state index contributed by atoms with van der Waals surface area (Å²) in [6.07, 6.45) is 0. The lowest BCUT2D eigenvalue weighted by Crippen LogP contribution is -2.57. The molecule has 0 aliphatic carbocycles. The molecule has 2 heterocycles. The third-order valence-electron chi connectivity index (χ3n) is 11.4. The first-order valence-electron chi connectivity index (χ1n) is 19.8. The molecule has 0 atom stereocenters. The highest BCUT2D eigenvalue weighted by Gasteiger charge is 2.41. The van der Waals surface area contributed by atoms with Gasteiger partial charge in [-0.25, -0.2) is 0 Å². The molecular weight excluding hydrogens is 705 g/mol. The molecule has 0 saturated carbocycles. The molecule has 0 bridgehead atoms. The minimum Gasteiger partial charge on any atom is -0.458 e. The van der Waals surface area contributed by atoms with Gasteiger partial charge >= 0.3 is 0 Å². The van der Waals surface area contributed by atoms with E-state index in [0.29, 0.717) is 0 Å². The van der Waals surface area contributed by atoms with Crippen molar-refractivity contribution in [2.45, 2.75) is 0 Å². The maximum atomic E-state index is 7.08. The Morgan fingerprint density at radius 3 is 1.12 bits per heavy atom. The van der Waals surface area contributed by atoms with Gasteiger partial charge in [0.15, 0.2) is 0 Å². The zero-order valence-electron chi connectivity index (χ0n) is 31.6. The second-order valence-electron chi connectivity index (χ2n) is 14.8. The Morgan fingerprint density at radius 2 is 0.690 bits per heavy atom. The molecule has 9 aromatic carbocycles. The number of ether oxygens (including phenoxy) is 2. The first-order valence-corrected chi connectivity index (χ1v) is 19.8. The van der Waals surface area contributed by atoms with Crippen molar-refractivity contribution in [3.63, 3.8) is 0 Å². The quantitative estimate of drug-likeness (QED) is 0.152. The summed E-state index contributed by atoms with van der Waals surface area (Å²) in [4.78, 5) is 2.37. The molecule has 272 valence electrons. The molecule has 3 nitrogen and oxygen atoms in total. The highest BCUT2D eigenvalue weighted by molar-refractivity contribution is 6.98. The summed E-state index contributed by atoms with van der Waals surface area (Å²) in [5.41, 5.74) is 15.3. The van der Waals surface area contributed by atoms with Gasteiger partial charge in [-0.2, -0.15) is 0 Å². The Kier molecular flexibility index (Phi) is 8.26. The van der Waals surface area contributed by atoms with Crippen molar-refractivity contribution in [3.8, 4) is 67.5 Å². The summed E-state index contributed by atoms with van der Waals surface area (Å²) < 4.78 is 14.2. The molecule has 0 N–H and O–H groups in total. The van der Waals surface area contributed by atoms with Gasteiger partial charge in [0.25, 0.3) is 6.71 Å². The zero-order valence-corrected chi connectivity index (χ0v) is 31.6. The largest absolute Gasteiger partial charge is 0.458 e. The summed E-state index contributed by atoms with van der Waals surface area (Å²) in [6.45, 7) is -0.0807. The monoisotopic (exact) mass is 741 g/mol. The molecule has 9 aromatic rings. The van der Waals surface area contributed by atoms with Gasteiger partial charge < -0.3 is 14.4 Å². The predicted octanol–water partition coefficient (Wildman–Crippen LogP) is 12.6. The number of nitrogens with zero attached hydrogens (tertiary/aromatic N) is 1. The van der Waals surface area contributed by atoms with E-state index in [1.54, 1.807) is 0 Å². The standard InChI is InChI=1S/C54H36BNO2/c1-5-17-37(18-6-1)41-29-31-46-50(33-41)57-52-35-43(36-53-54(52)55(46)47-32-30-42(34-51(47)58-53)38-19-7-2-8-20-38)56(48-27-15-13-25-44(48)39-21-9-3-10-22-39)49-28-16-14-26-45(49)40-23-11-4-12-24-40/h1-36H. The smallest absolute Gasteiger partial charge is 0.260 e. The van der Waals surface area contributed by atoms with Crippen LogP contribution in [0.4, 0.5) is 17.1 Å². The maximum Gasteiger partial charge on any atom is 0.260 e. The number of para-hydroxylation sites is 2. The minimum absolute atomic E-state index is 0.0807. The number of benzene rings is 9. The molecule has 0 saturated heterocycles. The molecule has 0 aromatic heterocycles. The van der Waals surface area contributed by atoms with Crippen molar-refractivity contribution in [2.24, 2.45) is 0 Å². The highest BCUT2D eigenvalue weighted by Crippen LogP contribution is 2.48. The normalized spacial score (nSPS) is 12.0. The molecule has 0 radical (unpaired) electrons. The van der Waals surface area contributed by atoms with Gasteiger partial charge in [-0.1, -0.05) is 182 Å². The van der Waals surface area contributed by atoms with E-state index < -0.39 is 0 Å². The SMILES string of the molecule is c1ccc(-c2ccc3c(c2)Oc2cc(N(c4ccccc4-c4ccccc4)c4ccccc4-c4ccccc4)cc4c2B3c2ccc(-c3ccccc3)cc2O4)cc1. The third kappa shape index (κ3) is 5.86. The second-order valence-corrected chi connectivity index (χ2v) is 14.8. The number of hydrogen-bond acceptors (Lipinski definition) is 3. The lowest BCUT2D eigenvalue weighted by atomic mass is 9.34. The van der Waals surface area contributed by atoms with Crippen LogP contribution in [0.3, 0.4) is 0 Å². The van der Waals surface area contributed by atoms with Crippen LogP contribution in [0.5, 0.6) is 23.0 Å². The van der Waals surface area contributed by atoms with Crippen molar-refractivity contribution in [1.29, 1.82) is 0 Å². The van der Waals surface area contributed by atoms with Crippen molar-refractivity contribution >= 4 is 40.2 Å². The van der Waals surface area contributed by atoms with Gasteiger partial charge in [-0.3, -0.25) is 0 Å². The van der Waals surface area contributed by atoms with Crippen molar-refractivity contribution < 1.29 is 9.47 Å². The van der Waals surface area contributed by atoms with E-state index >= 15 is 0 Å². The molecule has 2 aliphatic heterocycles. The fraction of sp³-hybridized carbons (Fsp3) is 0. The topological polar surface area (TPSA) is 21.7 Å². The number of rotatable bonds is 7. The predicted molar refractivity (Wildman–Crippen MR) is 241 cm³/mol. The molecule has 4 heteroatoms. The Balaban J connectivity index is 1.16. The van der Waals surface area contributed by atoms with Crippen molar-refractivity contribution in [2.75, 3.05) is 4.90 Å². The molecule has 58 heavy (non-hydrogen) atoms. The number of fused-ring (bicyclic) bond motifs is 4. The van der Waals surface area contributed by atoms with Gasteiger partial charge in [0.1, 0.15) is 23.0 Å². The van der Waals surface area contributed by atoms with Crippen LogP contribution in [0.15, 0.2) is 218 Å². The van der Waals surface area contributed by atoms with E-state index in [9.17, 15) is 0 Å². The summed E-state index contributed by atoms with van der Waals surface area (Å²) in [7, 11) is 0. The summed E-state index contributed by atoms with van der Waals surface area (Å²) in [5, 5.41) is 0. The number of hydrogen-bond donors (Lipinski definition) is 0. The van der Waals surface area contributed by atoms with E-state index in [2.05, 4.69) is 223 Å². The Bertz CT molecular complexity index is 2750. The molecular formula is C54H36BNO2. The molecule has 0 spiro atoms. The Morgan fingerprint density at radius 1 is 0.310 bits per heavy atom. The summed E-state index contributed by atoms with van der Waals surface area (Å²) in [6, 6.07) is 77.3. The first-order chi connectivity index (χ1) is 28.8. The maximum absolute atomic E-state index is 7.08. The Labute approximate surface area is 339 Å². The van der Waals surface area contributed by atoms with Crippen LogP contribution in [-0.2, 0) is 0 Å². The van der Waals surface area contributed by atoms with E-state index in [1.165, 1.54) is 0 Å². The van der Waals surface area contributed by atoms with Gasteiger partial charge in [0.05, 0.1) is 17.1 Å². The van der Waals surface area contributed by atoms with Crippen LogP contribution in [0.2, 0.25) is 0 Å². The average Bonchev–Trinajstić information content (AvgIpc) is 3.30. The van der Waals surface area contributed by atoms with Crippen LogP contribution in [0.1, 0.15) is 0 Å². The molecule has 0 unspecified atom stereocenters. The fourth-order valence-electron chi connectivity index (χ4n) is 8.70. The fourth-order valence-corrected chi connectivity index (χ4v) is 8.70. The van der Waals surface area contributed by atoms with Crippen LogP contribution in [0.25, 0.3) is 44.5 Å². The average molecular weight is 742 g/mol. The molecule has 2 aliphatic rings. The van der Waals surface area contributed by atoms with Crippen LogP contribution in [-0.4, -0.2) is 6.71 Å². The van der Waals surface area contributed by atoms with Crippen LogP contribution >= 0.6 is 0 Å².